The second-order valence-corrected chi connectivity index (χ2v) is 3.07. The Kier molecular flexibility index (Phi) is 2.66. The molecule has 4 nitrogen and oxygen atoms in total. The van der Waals surface area contributed by atoms with E-state index in [9.17, 15) is 18.0 Å². The molecule has 0 spiro atoms. The van der Waals surface area contributed by atoms with Crippen LogP contribution in [0.2, 0.25) is 0 Å². The number of nitriles is 1. The monoisotopic (exact) mass is 207 g/mol. The minimum atomic E-state index is -4.63. The fourth-order valence-corrected chi connectivity index (χ4v) is 1.43. The van der Waals surface area contributed by atoms with Gasteiger partial charge < -0.3 is 5.32 Å². The molecule has 14 heavy (non-hydrogen) atoms. The largest absolute Gasteiger partial charge is 0.404 e. The van der Waals surface area contributed by atoms with E-state index in [1.54, 1.807) is 5.32 Å². The van der Waals surface area contributed by atoms with Crippen molar-refractivity contribution in [3.05, 3.63) is 0 Å². The lowest BCUT2D eigenvalue weighted by Crippen LogP contribution is -2.51. The van der Waals surface area contributed by atoms with Crippen LogP contribution in [0, 0.1) is 16.9 Å². The Hall–Kier alpha value is -1.29. The molecular formula is C7H8F3N3O. The lowest BCUT2D eigenvalue weighted by Gasteiger charge is -2.27. The number of rotatable bonds is 1. The summed E-state index contributed by atoms with van der Waals surface area (Å²) in [4.78, 5) is 11.1. The van der Waals surface area contributed by atoms with Crippen molar-refractivity contribution in [3.8, 4) is 6.19 Å². The van der Waals surface area contributed by atoms with Gasteiger partial charge in [0.2, 0.25) is 5.91 Å². The molecule has 0 aromatic heterocycles. The fraction of sp³-hybridized carbons (Fsp3) is 0.714. The number of hydrogen-bond acceptors (Lipinski definition) is 3. The Morgan fingerprint density at radius 2 is 2.21 bits per heavy atom. The highest BCUT2D eigenvalue weighted by atomic mass is 19.4. The molecule has 1 unspecified atom stereocenters. The highest BCUT2D eigenvalue weighted by Gasteiger charge is 2.61. The molecule has 0 aromatic rings. The van der Waals surface area contributed by atoms with Crippen molar-refractivity contribution in [1.82, 2.24) is 10.6 Å². The van der Waals surface area contributed by atoms with E-state index in [0.717, 1.165) is 0 Å². The minimum Gasteiger partial charge on any atom is -0.315 e. The van der Waals surface area contributed by atoms with Crippen LogP contribution in [0.15, 0.2) is 0 Å². The zero-order chi connectivity index (χ0) is 10.8. The summed E-state index contributed by atoms with van der Waals surface area (Å²) in [7, 11) is 0. The van der Waals surface area contributed by atoms with Crippen molar-refractivity contribution >= 4 is 5.91 Å². The molecule has 78 valence electrons. The van der Waals surface area contributed by atoms with Crippen LogP contribution in [0.1, 0.15) is 6.42 Å². The van der Waals surface area contributed by atoms with Crippen molar-refractivity contribution in [3.63, 3.8) is 0 Å². The number of hydrogen-bond donors (Lipinski definition) is 2. The third-order valence-corrected chi connectivity index (χ3v) is 2.30. The van der Waals surface area contributed by atoms with Gasteiger partial charge in [0.05, 0.1) is 0 Å². The molecular weight excluding hydrogens is 199 g/mol. The van der Waals surface area contributed by atoms with Gasteiger partial charge in [-0.25, -0.2) is 0 Å². The predicted molar refractivity (Wildman–Crippen MR) is 39.7 cm³/mol. The number of nitrogens with zero attached hydrogens (tertiary/aromatic N) is 1. The molecule has 1 saturated heterocycles. The summed E-state index contributed by atoms with van der Waals surface area (Å²) in [6.07, 6.45) is -3.74. The Morgan fingerprint density at radius 1 is 1.57 bits per heavy atom. The average molecular weight is 207 g/mol. The summed E-state index contributed by atoms with van der Waals surface area (Å²) >= 11 is 0. The number of carbonyl (C=O) groups excluding carboxylic acids is 1. The summed E-state index contributed by atoms with van der Waals surface area (Å²) in [5.41, 5.74) is -2.44. The van der Waals surface area contributed by atoms with Crippen LogP contribution in [0.4, 0.5) is 13.2 Å². The number of carbonyl (C=O) groups is 1. The summed E-state index contributed by atoms with van der Waals surface area (Å²) in [5, 5.41) is 12.1. The molecule has 0 aliphatic carbocycles. The van der Waals surface area contributed by atoms with Crippen LogP contribution in [0.5, 0.6) is 0 Å². The van der Waals surface area contributed by atoms with Gasteiger partial charge in [0.25, 0.3) is 0 Å². The van der Waals surface area contributed by atoms with Crippen LogP contribution >= 0.6 is 0 Å². The summed E-state index contributed by atoms with van der Waals surface area (Å²) in [6.45, 7) is -0.345. The number of alkyl halides is 3. The number of amides is 1. The molecule has 0 bridgehead atoms. The van der Waals surface area contributed by atoms with E-state index in [1.165, 1.54) is 6.19 Å². The molecule has 1 amide bonds. The van der Waals surface area contributed by atoms with Crippen LogP contribution < -0.4 is 10.6 Å². The van der Waals surface area contributed by atoms with Crippen LogP contribution in [-0.4, -0.2) is 25.2 Å². The second-order valence-electron chi connectivity index (χ2n) is 3.07. The first-order chi connectivity index (χ1) is 6.44. The van der Waals surface area contributed by atoms with Gasteiger partial charge in [-0.05, 0) is 13.0 Å². The third kappa shape index (κ3) is 1.53. The zero-order valence-electron chi connectivity index (χ0n) is 7.11. The van der Waals surface area contributed by atoms with E-state index in [4.69, 9.17) is 5.26 Å². The van der Waals surface area contributed by atoms with E-state index in [0.29, 0.717) is 0 Å². The lowest BCUT2D eigenvalue weighted by atomic mass is 9.85. The highest BCUT2D eigenvalue weighted by Crippen LogP contribution is 2.42. The Morgan fingerprint density at radius 3 is 2.57 bits per heavy atom. The van der Waals surface area contributed by atoms with E-state index in [2.05, 4.69) is 5.32 Å². The van der Waals surface area contributed by atoms with Crippen molar-refractivity contribution in [1.29, 1.82) is 5.26 Å². The molecule has 1 atom stereocenters. The van der Waals surface area contributed by atoms with Crippen molar-refractivity contribution < 1.29 is 18.0 Å². The molecule has 0 saturated carbocycles. The molecule has 1 aliphatic rings. The standard InChI is InChI=1S/C7H8F3N3O/c8-7(9,10)6(1-2-12-3-6)5(14)13-4-11/h12H,1-3H2,(H,13,14). The van der Waals surface area contributed by atoms with Gasteiger partial charge in [-0.2, -0.15) is 18.4 Å². The molecule has 1 rings (SSSR count). The topological polar surface area (TPSA) is 64.9 Å². The molecule has 1 heterocycles. The zero-order valence-corrected chi connectivity index (χ0v) is 7.11. The van der Waals surface area contributed by atoms with Crippen molar-refractivity contribution in [2.24, 2.45) is 5.41 Å². The maximum Gasteiger partial charge on any atom is 0.404 e. The first-order valence-electron chi connectivity index (χ1n) is 3.91. The van der Waals surface area contributed by atoms with E-state index < -0.39 is 24.0 Å². The third-order valence-electron chi connectivity index (χ3n) is 2.30. The second kappa shape index (κ2) is 3.46. The number of halogens is 3. The molecule has 0 radical (unpaired) electrons. The molecule has 0 aromatic carbocycles. The highest BCUT2D eigenvalue weighted by molar-refractivity contribution is 5.85. The minimum absolute atomic E-state index is 0.123. The van der Waals surface area contributed by atoms with Gasteiger partial charge in [-0.15, -0.1) is 0 Å². The summed E-state index contributed by atoms with van der Waals surface area (Å²) < 4.78 is 37.7. The van der Waals surface area contributed by atoms with Crippen molar-refractivity contribution in [2.45, 2.75) is 12.6 Å². The first-order valence-corrected chi connectivity index (χ1v) is 3.91. The maximum absolute atomic E-state index is 12.6. The normalized spacial score (nSPS) is 27.0. The van der Waals surface area contributed by atoms with Crippen LogP contribution in [-0.2, 0) is 4.79 Å². The Bertz CT molecular complexity index is 275. The fourth-order valence-electron chi connectivity index (χ4n) is 1.43. The number of nitrogens with one attached hydrogen (secondary N) is 2. The molecule has 7 heteroatoms. The first kappa shape index (κ1) is 10.8. The average Bonchev–Trinajstić information content (AvgIpc) is 2.51. The summed E-state index contributed by atoms with van der Waals surface area (Å²) in [6, 6.07) is 0. The van der Waals surface area contributed by atoms with Gasteiger partial charge in [-0.3, -0.25) is 10.1 Å². The SMILES string of the molecule is N#CNC(=O)C1(C(F)(F)F)CCNC1. The van der Waals surface area contributed by atoms with Gasteiger partial charge in [0.1, 0.15) is 0 Å². The quantitative estimate of drug-likeness (QED) is 0.474. The van der Waals surface area contributed by atoms with Gasteiger partial charge in [0, 0.05) is 6.54 Å². The molecule has 1 fully saturated rings. The van der Waals surface area contributed by atoms with Gasteiger partial charge in [0.15, 0.2) is 11.6 Å². The van der Waals surface area contributed by atoms with E-state index >= 15 is 0 Å². The maximum atomic E-state index is 12.6. The Labute approximate surface area is 78.1 Å². The van der Waals surface area contributed by atoms with E-state index in [-0.39, 0.29) is 13.0 Å². The van der Waals surface area contributed by atoms with Crippen LogP contribution in [0.25, 0.3) is 0 Å². The summed E-state index contributed by atoms with van der Waals surface area (Å²) in [5.74, 6) is -1.28. The van der Waals surface area contributed by atoms with E-state index in [1.807, 2.05) is 0 Å². The molecule has 2 N–H and O–H groups in total. The van der Waals surface area contributed by atoms with Gasteiger partial charge >= 0.3 is 6.18 Å². The van der Waals surface area contributed by atoms with Crippen LogP contribution in [0.3, 0.4) is 0 Å². The van der Waals surface area contributed by atoms with Gasteiger partial charge in [-0.1, -0.05) is 0 Å². The molecule has 1 aliphatic heterocycles. The smallest absolute Gasteiger partial charge is 0.315 e. The van der Waals surface area contributed by atoms with Crippen molar-refractivity contribution in [2.75, 3.05) is 13.1 Å². The predicted octanol–water partition coefficient (Wildman–Crippen LogP) is 0.126. The Balaban J connectivity index is 2.94. The lowest BCUT2D eigenvalue weighted by molar-refractivity contribution is -0.215.